The molecule has 0 fully saturated rings. The highest BCUT2D eigenvalue weighted by atomic mass is 79.9. The molecule has 1 aliphatic carbocycles. The molecular formula is C34H23Br. The minimum absolute atomic E-state index is 1.09. The van der Waals surface area contributed by atoms with Crippen LogP contribution in [0.25, 0.3) is 60.1 Å². The number of hydrogen-bond donors (Lipinski definition) is 0. The van der Waals surface area contributed by atoms with Crippen LogP contribution in [0.4, 0.5) is 0 Å². The van der Waals surface area contributed by atoms with E-state index in [0.717, 1.165) is 17.3 Å². The first kappa shape index (κ1) is 20.7. The van der Waals surface area contributed by atoms with Crippen molar-refractivity contribution >= 4 is 53.8 Å². The van der Waals surface area contributed by atoms with E-state index in [1.165, 1.54) is 65.7 Å². The SMILES string of the molecule is Brc1cc2c(C3=CCCC=C3)cc(-c3ccccc3)c3ccc4c(-c5ccccc5)ccc1c4c23. The van der Waals surface area contributed by atoms with E-state index in [1.807, 2.05) is 0 Å². The fourth-order valence-electron chi connectivity index (χ4n) is 5.72. The molecular weight excluding hydrogens is 488 g/mol. The maximum Gasteiger partial charge on any atom is 0.0260 e. The molecule has 0 unspecified atom stereocenters. The molecule has 35 heavy (non-hydrogen) atoms. The summed E-state index contributed by atoms with van der Waals surface area (Å²) in [5.74, 6) is 0. The Hall–Kier alpha value is -3.68. The Morgan fingerprint density at radius 3 is 1.83 bits per heavy atom. The molecule has 1 aliphatic rings. The lowest BCUT2D eigenvalue weighted by molar-refractivity contribution is 1.04. The Morgan fingerprint density at radius 2 is 1.14 bits per heavy atom. The van der Waals surface area contributed by atoms with Crippen LogP contribution in [0.1, 0.15) is 18.4 Å². The van der Waals surface area contributed by atoms with E-state index in [1.54, 1.807) is 0 Å². The van der Waals surface area contributed by atoms with Gasteiger partial charge in [-0.3, -0.25) is 0 Å². The number of benzene rings is 6. The molecule has 6 aromatic rings. The van der Waals surface area contributed by atoms with Gasteiger partial charge in [0.1, 0.15) is 0 Å². The van der Waals surface area contributed by atoms with Crippen molar-refractivity contribution in [1.82, 2.24) is 0 Å². The van der Waals surface area contributed by atoms with Crippen LogP contribution in [0.2, 0.25) is 0 Å². The second-order valence-corrected chi connectivity index (χ2v) is 10.2. The molecule has 0 saturated heterocycles. The molecule has 0 aromatic heterocycles. The van der Waals surface area contributed by atoms with Gasteiger partial charge in [-0.2, -0.15) is 0 Å². The van der Waals surface area contributed by atoms with E-state index in [4.69, 9.17) is 0 Å². The van der Waals surface area contributed by atoms with E-state index in [-0.39, 0.29) is 0 Å². The zero-order valence-corrected chi connectivity index (χ0v) is 20.8. The maximum atomic E-state index is 3.94. The Balaban J connectivity index is 1.68. The first-order chi connectivity index (χ1) is 17.3. The van der Waals surface area contributed by atoms with Crippen LogP contribution in [0, 0.1) is 0 Å². The van der Waals surface area contributed by atoms with Crippen LogP contribution in [-0.4, -0.2) is 0 Å². The van der Waals surface area contributed by atoms with Crippen LogP contribution in [0.15, 0.2) is 120 Å². The zero-order chi connectivity index (χ0) is 23.4. The fourth-order valence-corrected chi connectivity index (χ4v) is 6.28. The van der Waals surface area contributed by atoms with Crippen molar-refractivity contribution < 1.29 is 0 Å². The second-order valence-electron chi connectivity index (χ2n) is 9.32. The van der Waals surface area contributed by atoms with Crippen molar-refractivity contribution in [2.75, 3.05) is 0 Å². The molecule has 0 bridgehead atoms. The second kappa shape index (κ2) is 8.22. The Kier molecular flexibility index (Phi) is 4.85. The van der Waals surface area contributed by atoms with E-state index in [0.29, 0.717) is 0 Å². The first-order valence-corrected chi connectivity index (χ1v) is 13.0. The predicted octanol–water partition coefficient (Wildman–Crippen LogP) is 10.4. The molecule has 0 heterocycles. The average Bonchev–Trinajstić information content (AvgIpc) is 2.93. The number of rotatable bonds is 3. The Bertz CT molecular complexity index is 1770. The van der Waals surface area contributed by atoms with Gasteiger partial charge in [0.05, 0.1) is 0 Å². The van der Waals surface area contributed by atoms with E-state index < -0.39 is 0 Å². The molecule has 0 amide bonds. The fraction of sp³-hybridized carbons (Fsp3) is 0.0588. The van der Waals surface area contributed by atoms with E-state index >= 15 is 0 Å². The van der Waals surface area contributed by atoms with Crippen molar-refractivity contribution in [2.24, 2.45) is 0 Å². The molecule has 0 atom stereocenters. The van der Waals surface area contributed by atoms with Crippen LogP contribution in [-0.2, 0) is 0 Å². The molecule has 1 heteroatoms. The largest absolute Gasteiger partial charge is 0.0836 e. The molecule has 7 rings (SSSR count). The summed E-state index contributed by atoms with van der Waals surface area (Å²) in [4.78, 5) is 0. The average molecular weight is 511 g/mol. The normalized spacial score (nSPS) is 13.7. The molecule has 0 nitrogen and oxygen atoms in total. The van der Waals surface area contributed by atoms with Gasteiger partial charge in [-0.15, -0.1) is 0 Å². The van der Waals surface area contributed by atoms with Gasteiger partial charge in [-0.25, -0.2) is 0 Å². The van der Waals surface area contributed by atoms with Crippen LogP contribution in [0.5, 0.6) is 0 Å². The molecule has 0 aliphatic heterocycles. The predicted molar refractivity (Wildman–Crippen MR) is 155 cm³/mol. The minimum atomic E-state index is 1.09. The lowest BCUT2D eigenvalue weighted by Gasteiger charge is -2.21. The quantitative estimate of drug-likeness (QED) is 0.207. The van der Waals surface area contributed by atoms with Crippen LogP contribution >= 0.6 is 15.9 Å². The summed E-state index contributed by atoms with van der Waals surface area (Å²) >= 11 is 3.94. The maximum absolute atomic E-state index is 3.94. The van der Waals surface area contributed by atoms with Crippen LogP contribution in [0.3, 0.4) is 0 Å². The van der Waals surface area contributed by atoms with Gasteiger partial charge in [-0.1, -0.05) is 119 Å². The molecule has 6 aromatic carbocycles. The highest BCUT2D eigenvalue weighted by Crippen LogP contribution is 2.47. The monoisotopic (exact) mass is 510 g/mol. The summed E-state index contributed by atoms with van der Waals surface area (Å²) in [5, 5.41) is 7.89. The van der Waals surface area contributed by atoms with Crippen molar-refractivity contribution in [3.63, 3.8) is 0 Å². The summed E-state index contributed by atoms with van der Waals surface area (Å²) in [6.07, 6.45) is 9.20. The van der Waals surface area contributed by atoms with Crippen molar-refractivity contribution in [3.8, 4) is 22.3 Å². The van der Waals surface area contributed by atoms with Gasteiger partial charge in [0.15, 0.2) is 0 Å². The molecule has 166 valence electrons. The Labute approximate surface area is 213 Å². The van der Waals surface area contributed by atoms with Crippen LogP contribution < -0.4 is 0 Å². The Morgan fingerprint density at radius 1 is 0.514 bits per heavy atom. The van der Waals surface area contributed by atoms with Gasteiger partial charge >= 0.3 is 0 Å². The third-order valence-electron chi connectivity index (χ3n) is 7.32. The molecule has 0 spiro atoms. The highest BCUT2D eigenvalue weighted by molar-refractivity contribution is 9.10. The zero-order valence-electron chi connectivity index (χ0n) is 19.3. The number of hydrogen-bond acceptors (Lipinski definition) is 0. The number of allylic oxidation sites excluding steroid dienone is 4. The van der Waals surface area contributed by atoms with Gasteiger partial charge in [0.2, 0.25) is 0 Å². The first-order valence-electron chi connectivity index (χ1n) is 12.2. The number of halogens is 1. The lowest BCUT2D eigenvalue weighted by atomic mass is 9.83. The summed E-state index contributed by atoms with van der Waals surface area (Å²) in [7, 11) is 0. The standard InChI is InChI=1S/C34H23Br/c35-32-21-31-30(24-14-8-3-9-15-24)20-29(23-12-6-2-7-13-23)27-18-17-26-25(22-10-4-1-5-11-22)16-19-28(32)33(26)34(27)31/h1-2,4-8,10-21H,3,9H2. The summed E-state index contributed by atoms with van der Waals surface area (Å²) in [6, 6.07) is 35.5. The van der Waals surface area contributed by atoms with E-state index in [9.17, 15) is 0 Å². The summed E-state index contributed by atoms with van der Waals surface area (Å²) in [5.41, 5.74) is 7.72. The molecule has 0 radical (unpaired) electrons. The van der Waals surface area contributed by atoms with E-state index in [2.05, 4.69) is 131 Å². The van der Waals surface area contributed by atoms with Crippen molar-refractivity contribution in [3.05, 3.63) is 125 Å². The van der Waals surface area contributed by atoms with Gasteiger partial charge < -0.3 is 0 Å². The third-order valence-corrected chi connectivity index (χ3v) is 7.98. The van der Waals surface area contributed by atoms with Gasteiger partial charge in [-0.05, 0) is 90.7 Å². The molecule has 0 saturated carbocycles. The lowest BCUT2D eigenvalue weighted by Crippen LogP contribution is -1.95. The van der Waals surface area contributed by atoms with Crippen molar-refractivity contribution in [2.45, 2.75) is 12.8 Å². The van der Waals surface area contributed by atoms with Gasteiger partial charge in [0.25, 0.3) is 0 Å². The minimum Gasteiger partial charge on any atom is -0.0836 e. The summed E-state index contributed by atoms with van der Waals surface area (Å²) in [6.45, 7) is 0. The highest BCUT2D eigenvalue weighted by Gasteiger charge is 2.20. The molecule has 0 N–H and O–H groups in total. The van der Waals surface area contributed by atoms with Crippen molar-refractivity contribution in [1.29, 1.82) is 0 Å². The van der Waals surface area contributed by atoms with Gasteiger partial charge in [0, 0.05) is 4.47 Å². The topological polar surface area (TPSA) is 0 Å². The summed E-state index contributed by atoms with van der Waals surface area (Å²) < 4.78 is 1.15. The smallest absolute Gasteiger partial charge is 0.0260 e. The third kappa shape index (κ3) is 3.26.